The van der Waals surface area contributed by atoms with Crippen LogP contribution in [0.5, 0.6) is 0 Å². The van der Waals surface area contributed by atoms with Crippen molar-refractivity contribution in [2.24, 2.45) is 5.41 Å². The first-order valence-corrected chi connectivity index (χ1v) is 6.09. The van der Waals surface area contributed by atoms with E-state index in [1.165, 1.54) is 0 Å². The van der Waals surface area contributed by atoms with Gasteiger partial charge in [-0.05, 0) is 25.8 Å². The van der Waals surface area contributed by atoms with Gasteiger partial charge in [0.2, 0.25) is 0 Å². The summed E-state index contributed by atoms with van der Waals surface area (Å²) in [5, 5.41) is 20.1. The van der Waals surface area contributed by atoms with Crippen LogP contribution in [0.15, 0.2) is 0 Å². The molecule has 0 amide bonds. The summed E-state index contributed by atoms with van der Waals surface area (Å²) in [7, 11) is 0. The normalized spacial score (nSPS) is 34.8. The Kier molecular flexibility index (Phi) is 3.20. The molecule has 4 heteroatoms. The lowest BCUT2D eigenvalue weighted by atomic mass is 9.67. The average Bonchev–Trinajstić information content (AvgIpc) is 2.80. The van der Waals surface area contributed by atoms with E-state index in [-0.39, 0.29) is 0 Å². The van der Waals surface area contributed by atoms with Crippen LogP contribution in [0.2, 0.25) is 0 Å². The molecule has 2 rings (SSSR count). The summed E-state index contributed by atoms with van der Waals surface area (Å²) < 4.78 is 5.33. The molecule has 0 saturated carbocycles. The SMILES string of the molecule is CCN1CCC(O)(C2(C#N)CCOC2)CC1. The molecule has 1 N–H and O–H groups in total. The number of aliphatic hydroxyl groups is 1. The lowest BCUT2D eigenvalue weighted by Gasteiger charge is -2.45. The second kappa shape index (κ2) is 4.33. The van der Waals surface area contributed by atoms with Crippen molar-refractivity contribution in [1.82, 2.24) is 4.90 Å². The molecule has 0 spiro atoms. The Bertz CT molecular complexity index is 284. The summed E-state index contributed by atoms with van der Waals surface area (Å²) >= 11 is 0. The van der Waals surface area contributed by atoms with E-state index in [1.807, 2.05) is 0 Å². The van der Waals surface area contributed by atoms with E-state index in [0.29, 0.717) is 32.5 Å². The largest absolute Gasteiger partial charge is 0.388 e. The van der Waals surface area contributed by atoms with Gasteiger partial charge in [-0.3, -0.25) is 0 Å². The van der Waals surface area contributed by atoms with E-state index in [4.69, 9.17) is 4.74 Å². The molecule has 16 heavy (non-hydrogen) atoms. The highest BCUT2D eigenvalue weighted by Gasteiger charge is 2.54. The maximum Gasteiger partial charge on any atom is 0.111 e. The molecule has 2 aliphatic rings. The molecular formula is C12H20N2O2. The number of hydrogen-bond donors (Lipinski definition) is 1. The zero-order chi connectivity index (χ0) is 11.6. The average molecular weight is 224 g/mol. The number of hydrogen-bond acceptors (Lipinski definition) is 4. The summed E-state index contributed by atoms with van der Waals surface area (Å²) in [4.78, 5) is 2.31. The van der Waals surface area contributed by atoms with Crippen LogP contribution in [-0.2, 0) is 4.74 Å². The van der Waals surface area contributed by atoms with E-state index < -0.39 is 11.0 Å². The van der Waals surface area contributed by atoms with Crippen molar-refractivity contribution >= 4 is 0 Å². The minimum Gasteiger partial charge on any atom is -0.388 e. The molecule has 0 bridgehead atoms. The summed E-state index contributed by atoms with van der Waals surface area (Å²) in [5.74, 6) is 0. The van der Waals surface area contributed by atoms with Crippen molar-refractivity contribution in [2.45, 2.75) is 31.8 Å². The highest BCUT2D eigenvalue weighted by molar-refractivity contribution is 5.14. The van der Waals surface area contributed by atoms with Gasteiger partial charge in [0, 0.05) is 19.7 Å². The van der Waals surface area contributed by atoms with Gasteiger partial charge in [-0.15, -0.1) is 0 Å². The maximum atomic E-state index is 10.7. The molecule has 90 valence electrons. The van der Waals surface area contributed by atoms with Crippen LogP contribution in [0.4, 0.5) is 0 Å². The predicted octanol–water partition coefficient (Wildman–Crippen LogP) is 0.763. The van der Waals surface area contributed by atoms with Crippen LogP contribution in [0.3, 0.4) is 0 Å². The fraction of sp³-hybridized carbons (Fsp3) is 0.917. The molecule has 0 radical (unpaired) electrons. The number of piperidine rings is 1. The Morgan fingerprint density at radius 2 is 2.06 bits per heavy atom. The van der Waals surface area contributed by atoms with Crippen molar-refractivity contribution in [2.75, 3.05) is 32.8 Å². The fourth-order valence-electron chi connectivity index (χ4n) is 2.84. The van der Waals surface area contributed by atoms with Crippen molar-refractivity contribution in [3.05, 3.63) is 0 Å². The lowest BCUT2D eigenvalue weighted by Crippen LogP contribution is -2.55. The highest BCUT2D eigenvalue weighted by Crippen LogP contribution is 2.44. The number of ether oxygens (including phenoxy) is 1. The van der Waals surface area contributed by atoms with E-state index in [2.05, 4.69) is 17.9 Å². The van der Waals surface area contributed by atoms with Crippen molar-refractivity contribution in [3.63, 3.8) is 0 Å². The van der Waals surface area contributed by atoms with Gasteiger partial charge in [-0.25, -0.2) is 0 Å². The van der Waals surface area contributed by atoms with E-state index in [1.54, 1.807) is 0 Å². The van der Waals surface area contributed by atoms with Gasteiger partial charge in [-0.1, -0.05) is 6.92 Å². The molecule has 0 aliphatic carbocycles. The minimum absolute atomic E-state index is 0.395. The molecule has 1 unspecified atom stereocenters. The Hall–Kier alpha value is -0.630. The molecular weight excluding hydrogens is 204 g/mol. The van der Waals surface area contributed by atoms with E-state index in [9.17, 15) is 10.4 Å². The number of rotatable bonds is 2. The van der Waals surface area contributed by atoms with Crippen molar-refractivity contribution in [3.8, 4) is 6.07 Å². The monoisotopic (exact) mass is 224 g/mol. The summed E-state index contributed by atoms with van der Waals surface area (Å²) in [6.45, 7) is 5.92. The predicted molar refractivity (Wildman–Crippen MR) is 59.8 cm³/mol. The highest BCUT2D eigenvalue weighted by atomic mass is 16.5. The van der Waals surface area contributed by atoms with Crippen molar-refractivity contribution < 1.29 is 9.84 Å². The van der Waals surface area contributed by atoms with E-state index in [0.717, 1.165) is 19.6 Å². The summed E-state index contributed by atoms with van der Waals surface area (Å²) in [5.41, 5.74) is -1.50. The van der Waals surface area contributed by atoms with Crippen molar-refractivity contribution in [1.29, 1.82) is 5.26 Å². The molecule has 2 heterocycles. The van der Waals surface area contributed by atoms with Gasteiger partial charge in [0.05, 0.1) is 18.3 Å². The van der Waals surface area contributed by atoms with Crippen LogP contribution in [-0.4, -0.2) is 48.5 Å². The summed E-state index contributed by atoms with van der Waals surface area (Å²) in [6, 6.07) is 2.33. The molecule has 2 aliphatic heterocycles. The van der Waals surface area contributed by atoms with Gasteiger partial charge in [0.25, 0.3) is 0 Å². The fourth-order valence-corrected chi connectivity index (χ4v) is 2.84. The molecule has 4 nitrogen and oxygen atoms in total. The van der Waals surface area contributed by atoms with Crippen LogP contribution in [0.1, 0.15) is 26.2 Å². The van der Waals surface area contributed by atoms with Gasteiger partial charge in [-0.2, -0.15) is 5.26 Å². The second-order valence-corrected chi connectivity index (χ2v) is 4.96. The topological polar surface area (TPSA) is 56.5 Å². The first-order valence-electron chi connectivity index (χ1n) is 6.09. The van der Waals surface area contributed by atoms with Crippen LogP contribution in [0.25, 0.3) is 0 Å². The Labute approximate surface area is 96.8 Å². The minimum atomic E-state index is -0.843. The second-order valence-electron chi connectivity index (χ2n) is 4.96. The van der Waals surface area contributed by atoms with E-state index >= 15 is 0 Å². The van der Waals surface area contributed by atoms with Gasteiger partial charge in [0.1, 0.15) is 5.41 Å². The quantitative estimate of drug-likeness (QED) is 0.752. The molecule has 1 atom stereocenters. The first kappa shape index (κ1) is 11.8. The zero-order valence-electron chi connectivity index (χ0n) is 9.91. The number of likely N-dealkylation sites (tertiary alicyclic amines) is 1. The number of nitrogens with zero attached hydrogens (tertiary/aromatic N) is 2. The van der Waals surface area contributed by atoms with Crippen LogP contribution >= 0.6 is 0 Å². The Morgan fingerprint density at radius 1 is 1.38 bits per heavy atom. The molecule has 2 saturated heterocycles. The maximum absolute atomic E-state index is 10.7. The van der Waals surface area contributed by atoms with Gasteiger partial charge in [0.15, 0.2) is 0 Å². The number of nitriles is 1. The third-order valence-corrected chi connectivity index (χ3v) is 4.26. The zero-order valence-corrected chi connectivity index (χ0v) is 9.91. The van der Waals surface area contributed by atoms with Crippen LogP contribution < -0.4 is 0 Å². The molecule has 0 aromatic heterocycles. The Morgan fingerprint density at radius 3 is 2.50 bits per heavy atom. The molecule has 0 aromatic carbocycles. The third kappa shape index (κ3) is 1.73. The Balaban J connectivity index is 2.11. The van der Waals surface area contributed by atoms with Gasteiger partial charge >= 0.3 is 0 Å². The standard InChI is InChI=1S/C12H20N2O2/c1-2-14-6-3-12(15,4-7-14)11(9-13)5-8-16-10-11/h15H,2-8,10H2,1H3. The molecule has 0 aromatic rings. The molecule has 2 fully saturated rings. The van der Waals surface area contributed by atoms with Crippen LogP contribution in [0, 0.1) is 16.7 Å². The van der Waals surface area contributed by atoms with Gasteiger partial charge < -0.3 is 14.7 Å². The smallest absolute Gasteiger partial charge is 0.111 e. The first-order chi connectivity index (χ1) is 7.66. The third-order valence-electron chi connectivity index (χ3n) is 4.26. The summed E-state index contributed by atoms with van der Waals surface area (Å²) in [6.07, 6.45) is 2.06. The lowest BCUT2D eigenvalue weighted by molar-refractivity contribution is -0.0971.